The van der Waals surface area contributed by atoms with E-state index in [1.54, 1.807) is 12.3 Å². The quantitative estimate of drug-likeness (QED) is 0.895. The number of anilines is 1. The van der Waals surface area contributed by atoms with Gasteiger partial charge in [0, 0.05) is 11.9 Å². The molecule has 3 nitrogen and oxygen atoms in total. The van der Waals surface area contributed by atoms with Crippen molar-refractivity contribution in [3.63, 3.8) is 0 Å². The lowest BCUT2D eigenvalue weighted by Crippen LogP contribution is -2.19. The zero-order chi connectivity index (χ0) is 13.2. The Hall–Kier alpha value is -1.97. The lowest BCUT2D eigenvalue weighted by molar-refractivity contribution is 0.577. The molecule has 0 amide bonds. The zero-order valence-electron chi connectivity index (χ0n) is 10.9. The van der Waals surface area contributed by atoms with Gasteiger partial charge in [-0.25, -0.2) is 14.4 Å². The first kappa shape index (κ1) is 12.1. The number of nitrogens with zero attached hydrogens (tertiary/aromatic N) is 2. The van der Waals surface area contributed by atoms with Crippen LogP contribution in [-0.4, -0.2) is 9.97 Å². The second kappa shape index (κ2) is 4.96. The summed E-state index contributed by atoms with van der Waals surface area (Å²) in [5.74, 6) is 0.430. The van der Waals surface area contributed by atoms with E-state index < -0.39 is 0 Å². The van der Waals surface area contributed by atoms with Crippen LogP contribution in [0.3, 0.4) is 0 Å². The first-order chi connectivity index (χ1) is 9.22. The van der Waals surface area contributed by atoms with E-state index in [0.29, 0.717) is 5.95 Å². The highest BCUT2D eigenvalue weighted by atomic mass is 19.1. The summed E-state index contributed by atoms with van der Waals surface area (Å²) in [5, 5.41) is 3.32. The minimum atomic E-state index is -0.183. The van der Waals surface area contributed by atoms with Crippen molar-refractivity contribution in [1.82, 2.24) is 9.97 Å². The van der Waals surface area contributed by atoms with Gasteiger partial charge in [0.1, 0.15) is 5.82 Å². The summed E-state index contributed by atoms with van der Waals surface area (Å²) in [4.78, 5) is 8.56. The molecule has 1 aliphatic rings. The van der Waals surface area contributed by atoms with E-state index in [4.69, 9.17) is 0 Å². The molecule has 2 aromatic rings. The SMILES string of the molecule is Cc1ccnc(NC2CCCc3ccc(F)cc32)n1. The molecule has 1 aromatic heterocycles. The highest BCUT2D eigenvalue weighted by Crippen LogP contribution is 2.32. The summed E-state index contributed by atoms with van der Waals surface area (Å²) in [5.41, 5.74) is 3.18. The molecule has 1 heterocycles. The van der Waals surface area contributed by atoms with Crippen molar-refractivity contribution < 1.29 is 4.39 Å². The number of hydrogen-bond acceptors (Lipinski definition) is 3. The van der Waals surface area contributed by atoms with Gasteiger partial charge in [0.05, 0.1) is 6.04 Å². The Kier molecular flexibility index (Phi) is 3.15. The normalized spacial score (nSPS) is 17.9. The van der Waals surface area contributed by atoms with Crippen LogP contribution in [0.25, 0.3) is 0 Å². The maximum Gasteiger partial charge on any atom is 0.223 e. The molecule has 0 radical (unpaired) electrons. The van der Waals surface area contributed by atoms with Gasteiger partial charge in [0.25, 0.3) is 0 Å². The van der Waals surface area contributed by atoms with E-state index in [2.05, 4.69) is 15.3 Å². The summed E-state index contributed by atoms with van der Waals surface area (Å²) in [7, 11) is 0. The molecule has 0 saturated heterocycles. The summed E-state index contributed by atoms with van der Waals surface area (Å²) in [6.07, 6.45) is 4.83. The Morgan fingerprint density at radius 3 is 3.05 bits per heavy atom. The predicted octanol–water partition coefficient (Wildman–Crippen LogP) is 3.41. The number of benzene rings is 1. The van der Waals surface area contributed by atoms with Crippen LogP contribution in [0.2, 0.25) is 0 Å². The molecular weight excluding hydrogens is 241 g/mol. The van der Waals surface area contributed by atoms with Gasteiger partial charge in [-0.05, 0) is 55.5 Å². The second-order valence-electron chi connectivity index (χ2n) is 4.95. The smallest absolute Gasteiger partial charge is 0.223 e. The third-order valence-electron chi connectivity index (χ3n) is 3.52. The highest BCUT2D eigenvalue weighted by Gasteiger charge is 2.21. The van der Waals surface area contributed by atoms with E-state index in [0.717, 1.165) is 30.5 Å². The molecule has 0 spiro atoms. The van der Waals surface area contributed by atoms with Gasteiger partial charge < -0.3 is 5.32 Å². The summed E-state index contributed by atoms with van der Waals surface area (Å²) in [6.45, 7) is 1.93. The third-order valence-corrected chi connectivity index (χ3v) is 3.52. The molecule has 1 aromatic carbocycles. The van der Waals surface area contributed by atoms with Crippen LogP contribution in [0.1, 0.15) is 35.7 Å². The van der Waals surface area contributed by atoms with Gasteiger partial charge in [-0.2, -0.15) is 0 Å². The van der Waals surface area contributed by atoms with Crippen molar-refractivity contribution in [2.45, 2.75) is 32.2 Å². The average molecular weight is 257 g/mol. The molecule has 4 heteroatoms. The maximum atomic E-state index is 13.4. The standard InChI is InChI=1S/C15H16FN3/c1-10-7-8-17-15(18-10)19-14-4-2-3-11-5-6-12(16)9-13(11)14/h5-9,14H,2-4H2,1H3,(H,17,18,19). The predicted molar refractivity (Wildman–Crippen MR) is 72.5 cm³/mol. The number of aryl methyl sites for hydroxylation is 2. The first-order valence-corrected chi connectivity index (χ1v) is 6.57. The van der Waals surface area contributed by atoms with Gasteiger partial charge in [-0.3, -0.25) is 0 Å². The molecule has 1 aliphatic carbocycles. The van der Waals surface area contributed by atoms with E-state index in [1.165, 1.54) is 11.6 Å². The van der Waals surface area contributed by atoms with Crippen LogP contribution in [0.5, 0.6) is 0 Å². The van der Waals surface area contributed by atoms with E-state index >= 15 is 0 Å². The van der Waals surface area contributed by atoms with Gasteiger partial charge in [0.15, 0.2) is 0 Å². The fraction of sp³-hybridized carbons (Fsp3) is 0.333. The number of rotatable bonds is 2. The molecule has 0 bridgehead atoms. The molecule has 3 rings (SSSR count). The third kappa shape index (κ3) is 2.57. The largest absolute Gasteiger partial charge is 0.347 e. The van der Waals surface area contributed by atoms with E-state index in [-0.39, 0.29) is 11.9 Å². The first-order valence-electron chi connectivity index (χ1n) is 6.57. The van der Waals surface area contributed by atoms with Crippen LogP contribution < -0.4 is 5.32 Å². The summed E-state index contributed by atoms with van der Waals surface area (Å²) >= 11 is 0. The molecule has 1 unspecified atom stereocenters. The topological polar surface area (TPSA) is 37.8 Å². The van der Waals surface area contributed by atoms with Gasteiger partial charge in [-0.15, -0.1) is 0 Å². The summed E-state index contributed by atoms with van der Waals surface area (Å²) < 4.78 is 13.4. The van der Waals surface area contributed by atoms with Crippen LogP contribution in [-0.2, 0) is 6.42 Å². The minimum Gasteiger partial charge on any atom is -0.347 e. The van der Waals surface area contributed by atoms with Gasteiger partial charge in [0.2, 0.25) is 5.95 Å². The molecule has 0 fully saturated rings. The Morgan fingerprint density at radius 2 is 2.21 bits per heavy atom. The molecule has 19 heavy (non-hydrogen) atoms. The van der Waals surface area contributed by atoms with E-state index in [1.807, 2.05) is 19.1 Å². The Labute approximate surface area is 111 Å². The lowest BCUT2D eigenvalue weighted by Gasteiger charge is -2.26. The van der Waals surface area contributed by atoms with E-state index in [9.17, 15) is 4.39 Å². The van der Waals surface area contributed by atoms with Crippen LogP contribution in [0.15, 0.2) is 30.5 Å². The maximum absolute atomic E-state index is 13.4. The molecule has 98 valence electrons. The lowest BCUT2D eigenvalue weighted by atomic mass is 9.87. The van der Waals surface area contributed by atoms with Crippen molar-refractivity contribution >= 4 is 5.95 Å². The van der Waals surface area contributed by atoms with Crippen LogP contribution in [0, 0.1) is 12.7 Å². The van der Waals surface area contributed by atoms with Crippen molar-refractivity contribution in [3.05, 3.63) is 53.1 Å². The van der Waals surface area contributed by atoms with Crippen molar-refractivity contribution in [1.29, 1.82) is 0 Å². The summed E-state index contributed by atoms with van der Waals surface area (Å²) in [6, 6.07) is 7.00. The molecular formula is C15H16FN3. The van der Waals surface area contributed by atoms with Crippen LogP contribution >= 0.6 is 0 Å². The number of nitrogens with one attached hydrogen (secondary N) is 1. The van der Waals surface area contributed by atoms with Gasteiger partial charge >= 0.3 is 0 Å². The van der Waals surface area contributed by atoms with Crippen LogP contribution in [0.4, 0.5) is 10.3 Å². The monoisotopic (exact) mass is 257 g/mol. The highest BCUT2D eigenvalue weighted by molar-refractivity contribution is 5.39. The van der Waals surface area contributed by atoms with Crippen molar-refractivity contribution in [2.75, 3.05) is 5.32 Å². The molecule has 1 N–H and O–H groups in total. The minimum absolute atomic E-state index is 0.0984. The molecule has 1 atom stereocenters. The fourth-order valence-corrected chi connectivity index (χ4v) is 2.59. The van der Waals surface area contributed by atoms with Gasteiger partial charge in [-0.1, -0.05) is 6.07 Å². The Bertz CT molecular complexity index is 598. The number of hydrogen-bond donors (Lipinski definition) is 1. The van der Waals surface area contributed by atoms with Crippen molar-refractivity contribution in [2.24, 2.45) is 0 Å². The Balaban J connectivity index is 1.89. The molecule has 0 saturated carbocycles. The second-order valence-corrected chi connectivity index (χ2v) is 4.95. The zero-order valence-corrected chi connectivity index (χ0v) is 10.9. The molecule has 0 aliphatic heterocycles. The fourth-order valence-electron chi connectivity index (χ4n) is 2.59. The number of halogens is 1. The average Bonchev–Trinajstić information content (AvgIpc) is 2.39. The number of fused-ring (bicyclic) bond motifs is 1. The van der Waals surface area contributed by atoms with Crippen molar-refractivity contribution in [3.8, 4) is 0 Å². The Morgan fingerprint density at radius 1 is 1.32 bits per heavy atom. The number of aromatic nitrogens is 2.